The van der Waals surface area contributed by atoms with Crippen molar-refractivity contribution < 1.29 is 14.6 Å². The van der Waals surface area contributed by atoms with Crippen LogP contribution in [-0.4, -0.2) is 21.7 Å². The summed E-state index contributed by atoms with van der Waals surface area (Å²) in [5.74, 6) is 0.129. The van der Waals surface area contributed by atoms with Gasteiger partial charge in [0.2, 0.25) is 0 Å². The Labute approximate surface area is 159 Å². The number of ether oxygens (including phenoxy) is 1. The van der Waals surface area contributed by atoms with E-state index >= 15 is 0 Å². The Bertz CT molecular complexity index is 967. The van der Waals surface area contributed by atoms with Crippen molar-refractivity contribution in [2.24, 2.45) is 7.05 Å². The Morgan fingerprint density at radius 1 is 1.15 bits per heavy atom. The molecule has 0 amide bonds. The molecule has 4 rings (SSSR count). The summed E-state index contributed by atoms with van der Waals surface area (Å²) in [6, 6.07) is 14.7. The average Bonchev–Trinajstić information content (AvgIpc) is 3.30. The van der Waals surface area contributed by atoms with Crippen LogP contribution in [0.15, 0.2) is 48.7 Å². The predicted octanol–water partition coefficient (Wildman–Crippen LogP) is 5.18. The van der Waals surface area contributed by atoms with Crippen LogP contribution in [0.25, 0.3) is 22.0 Å². The molecule has 0 saturated heterocycles. The van der Waals surface area contributed by atoms with Crippen molar-refractivity contribution in [3.8, 4) is 16.9 Å². The van der Waals surface area contributed by atoms with Gasteiger partial charge in [-0.15, -0.1) is 0 Å². The Morgan fingerprint density at radius 2 is 1.96 bits per heavy atom. The smallest absolute Gasteiger partial charge is 0.303 e. The second-order valence-electron chi connectivity index (χ2n) is 7.45. The third-order valence-electron chi connectivity index (χ3n) is 5.46. The highest BCUT2D eigenvalue weighted by molar-refractivity contribution is 5.87. The molecule has 0 unspecified atom stereocenters. The molecular formula is C23H25NO3. The maximum atomic E-state index is 10.9. The molecule has 4 heteroatoms. The monoisotopic (exact) mass is 363 g/mol. The molecule has 1 heterocycles. The summed E-state index contributed by atoms with van der Waals surface area (Å²) in [6.45, 7) is 0. The number of carbonyl (C=O) groups is 1. The molecule has 0 spiro atoms. The van der Waals surface area contributed by atoms with Gasteiger partial charge in [0.1, 0.15) is 5.75 Å². The molecule has 4 nitrogen and oxygen atoms in total. The van der Waals surface area contributed by atoms with Crippen LogP contribution in [0.4, 0.5) is 0 Å². The molecule has 1 aliphatic rings. The van der Waals surface area contributed by atoms with Gasteiger partial charge >= 0.3 is 5.97 Å². The second kappa shape index (κ2) is 7.47. The minimum Gasteiger partial charge on any atom is -0.490 e. The quantitative estimate of drug-likeness (QED) is 0.656. The topological polar surface area (TPSA) is 51.5 Å². The SMILES string of the molecule is Cn1ccc2cc(-c3cc(CCC(=O)O)ccc3OC3CCCC3)ccc21. The number of carboxylic acids is 1. The van der Waals surface area contributed by atoms with Gasteiger partial charge in [-0.25, -0.2) is 0 Å². The van der Waals surface area contributed by atoms with Gasteiger partial charge in [-0.3, -0.25) is 4.79 Å². The highest BCUT2D eigenvalue weighted by Crippen LogP contribution is 2.36. The zero-order valence-electron chi connectivity index (χ0n) is 15.6. The van der Waals surface area contributed by atoms with Crippen molar-refractivity contribution >= 4 is 16.9 Å². The van der Waals surface area contributed by atoms with Crippen LogP contribution in [-0.2, 0) is 18.3 Å². The van der Waals surface area contributed by atoms with E-state index in [2.05, 4.69) is 41.1 Å². The first-order valence-electron chi connectivity index (χ1n) is 9.67. The molecule has 27 heavy (non-hydrogen) atoms. The number of carboxylic acid groups (broad SMARTS) is 1. The first kappa shape index (κ1) is 17.7. The first-order chi connectivity index (χ1) is 13.1. The number of benzene rings is 2. The van der Waals surface area contributed by atoms with Crippen LogP contribution in [0.2, 0.25) is 0 Å². The molecule has 0 aliphatic heterocycles. The lowest BCUT2D eigenvalue weighted by molar-refractivity contribution is -0.136. The number of hydrogen-bond donors (Lipinski definition) is 1. The van der Waals surface area contributed by atoms with Gasteiger partial charge in [0.15, 0.2) is 0 Å². The van der Waals surface area contributed by atoms with Crippen molar-refractivity contribution in [3.05, 3.63) is 54.2 Å². The lowest BCUT2D eigenvalue weighted by Gasteiger charge is -2.18. The normalized spacial score (nSPS) is 14.7. The largest absolute Gasteiger partial charge is 0.490 e. The fraction of sp³-hybridized carbons (Fsp3) is 0.348. The van der Waals surface area contributed by atoms with Crippen LogP contribution in [0.5, 0.6) is 5.75 Å². The van der Waals surface area contributed by atoms with Gasteiger partial charge in [0.25, 0.3) is 0 Å². The lowest BCUT2D eigenvalue weighted by atomic mass is 9.98. The van der Waals surface area contributed by atoms with E-state index in [9.17, 15) is 4.79 Å². The molecule has 140 valence electrons. The highest BCUT2D eigenvalue weighted by Gasteiger charge is 2.19. The van der Waals surface area contributed by atoms with E-state index in [0.717, 1.165) is 35.3 Å². The summed E-state index contributed by atoms with van der Waals surface area (Å²) in [5.41, 5.74) is 4.38. The fourth-order valence-electron chi connectivity index (χ4n) is 3.95. The number of hydrogen-bond acceptors (Lipinski definition) is 2. The van der Waals surface area contributed by atoms with Crippen molar-refractivity contribution in [3.63, 3.8) is 0 Å². The van der Waals surface area contributed by atoms with Crippen molar-refractivity contribution in [2.45, 2.75) is 44.6 Å². The Balaban J connectivity index is 1.72. The third kappa shape index (κ3) is 3.85. The zero-order chi connectivity index (χ0) is 18.8. The van der Waals surface area contributed by atoms with E-state index in [-0.39, 0.29) is 12.5 Å². The number of aromatic nitrogens is 1. The van der Waals surface area contributed by atoms with E-state index in [1.165, 1.54) is 23.7 Å². The molecule has 1 aromatic heterocycles. The van der Waals surface area contributed by atoms with E-state index in [1.54, 1.807) is 0 Å². The van der Waals surface area contributed by atoms with Crippen molar-refractivity contribution in [2.75, 3.05) is 0 Å². The summed E-state index contributed by atoms with van der Waals surface area (Å²) in [6.07, 6.45) is 7.69. The molecule has 1 aliphatic carbocycles. The van der Waals surface area contributed by atoms with Gasteiger partial charge in [-0.05, 0) is 73.6 Å². The summed E-state index contributed by atoms with van der Waals surface area (Å²) >= 11 is 0. The lowest BCUT2D eigenvalue weighted by Crippen LogP contribution is -2.11. The number of aliphatic carboxylic acids is 1. The summed E-state index contributed by atoms with van der Waals surface area (Å²) in [7, 11) is 2.04. The minimum absolute atomic E-state index is 0.139. The second-order valence-corrected chi connectivity index (χ2v) is 7.45. The van der Waals surface area contributed by atoms with Crippen LogP contribution in [0.3, 0.4) is 0 Å². The number of rotatable bonds is 6. The minimum atomic E-state index is -0.770. The predicted molar refractivity (Wildman–Crippen MR) is 107 cm³/mol. The van der Waals surface area contributed by atoms with Gasteiger partial charge < -0.3 is 14.4 Å². The first-order valence-corrected chi connectivity index (χ1v) is 9.67. The van der Waals surface area contributed by atoms with Crippen LogP contribution in [0, 0.1) is 0 Å². The third-order valence-corrected chi connectivity index (χ3v) is 5.46. The fourth-order valence-corrected chi connectivity index (χ4v) is 3.95. The molecule has 0 bridgehead atoms. The Morgan fingerprint density at radius 3 is 2.74 bits per heavy atom. The van der Waals surface area contributed by atoms with Gasteiger partial charge in [0.05, 0.1) is 6.10 Å². The molecule has 1 saturated carbocycles. The van der Waals surface area contributed by atoms with Gasteiger partial charge in [0, 0.05) is 36.1 Å². The van der Waals surface area contributed by atoms with Gasteiger partial charge in [-0.1, -0.05) is 12.1 Å². The molecule has 0 atom stereocenters. The highest BCUT2D eigenvalue weighted by atomic mass is 16.5. The van der Waals surface area contributed by atoms with Crippen molar-refractivity contribution in [1.82, 2.24) is 4.57 Å². The van der Waals surface area contributed by atoms with E-state index in [1.807, 2.05) is 19.2 Å². The Kier molecular flexibility index (Phi) is 4.88. The molecule has 1 fully saturated rings. The van der Waals surface area contributed by atoms with E-state index in [4.69, 9.17) is 9.84 Å². The maximum absolute atomic E-state index is 10.9. The molecule has 0 radical (unpaired) electrons. The van der Waals surface area contributed by atoms with Gasteiger partial charge in [-0.2, -0.15) is 0 Å². The number of nitrogens with zero attached hydrogens (tertiary/aromatic N) is 1. The van der Waals surface area contributed by atoms with Crippen LogP contribution >= 0.6 is 0 Å². The van der Waals surface area contributed by atoms with Crippen LogP contribution < -0.4 is 4.74 Å². The molecule has 3 aromatic rings. The van der Waals surface area contributed by atoms with Crippen LogP contribution in [0.1, 0.15) is 37.7 Å². The number of aryl methyl sites for hydroxylation is 2. The number of fused-ring (bicyclic) bond motifs is 1. The van der Waals surface area contributed by atoms with E-state index < -0.39 is 5.97 Å². The summed E-state index contributed by atoms with van der Waals surface area (Å²) in [4.78, 5) is 10.9. The molecule has 2 aromatic carbocycles. The zero-order valence-corrected chi connectivity index (χ0v) is 15.6. The van der Waals surface area contributed by atoms with Crippen molar-refractivity contribution in [1.29, 1.82) is 0 Å². The molecular weight excluding hydrogens is 338 g/mol. The molecule has 1 N–H and O–H groups in total. The standard InChI is InChI=1S/C23H25NO3/c1-24-13-12-18-15-17(8-9-21(18)24)20-14-16(7-11-23(25)26)6-10-22(20)27-19-4-2-3-5-19/h6,8-10,12-15,19H,2-5,7,11H2,1H3,(H,25,26). The Hall–Kier alpha value is -2.75. The summed E-state index contributed by atoms with van der Waals surface area (Å²) in [5, 5.41) is 10.2. The average molecular weight is 363 g/mol. The van der Waals surface area contributed by atoms with E-state index in [0.29, 0.717) is 6.42 Å². The maximum Gasteiger partial charge on any atom is 0.303 e. The summed E-state index contributed by atoms with van der Waals surface area (Å²) < 4.78 is 8.45.